The molecule has 6 nitrogen and oxygen atoms in total. The molecule has 124 valence electrons. The summed E-state index contributed by atoms with van der Waals surface area (Å²) < 4.78 is 0. The number of nitrogens with zero attached hydrogens (tertiary/aromatic N) is 2. The van der Waals surface area contributed by atoms with Gasteiger partial charge in [0.25, 0.3) is 0 Å². The Hall–Kier alpha value is -1.92. The van der Waals surface area contributed by atoms with E-state index in [0.29, 0.717) is 6.54 Å². The summed E-state index contributed by atoms with van der Waals surface area (Å²) in [5, 5.41) is 5.90. The molecule has 1 aromatic carbocycles. The molecule has 23 heavy (non-hydrogen) atoms. The van der Waals surface area contributed by atoms with Gasteiger partial charge in [-0.1, -0.05) is 30.3 Å². The third-order valence-electron chi connectivity index (χ3n) is 4.48. The number of rotatable bonds is 4. The molecular formula is C17H24N4O2. The Bertz CT molecular complexity index is 541. The van der Waals surface area contributed by atoms with E-state index in [4.69, 9.17) is 0 Å². The van der Waals surface area contributed by atoms with Crippen molar-refractivity contribution < 1.29 is 9.59 Å². The van der Waals surface area contributed by atoms with Crippen LogP contribution in [-0.4, -0.2) is 66.9 Å². The van der Waals surface area contributed by atoms with Crippen LogP contribution in [0.15, 0.2) is 30.3 Å². The summed E-state index contributed by atoms with van der Waals surface area (Å²) in [4.78, 5) is 28.3. The predicted molar refractivity (Wildman–Crippen MR) is 87.7 cm³/mol. The first-order valence-electron chi connectivity index (χ1n) is 8.27. The van der Waals surface area contributed by atoms with Crippen molar-refractivity contribution in [3.63, 3.8) is 0 Å². The molecule has 2 heterocycles. The minimum atomic E-state index is -0.376. The Labute approximate surface area is 136 Å². The second-order valence-electron chi connectivity index (χ2n) is 6.14. The lowest BCUT2D eigenvalue weighted by Crippen LogP contribution is -2.55. The second kappa shape index (κ2) is 7.57. The highest BCUT2D eigenvalue weighted by atomic mass is 16.2. The van der Waals surface area contributed by atoms with E-state index in [9.17, 15) is 9.59 Å². The van der Waals surface area contributed by atoms with Gasteiger partial charge in [0, 0.05) is 45.8 Å². The molecule has 0 spiro atoms. The molecule has 0 aromatic heterocycles. The van der Waals surface area contributed by atoms with Crippen LogP contribution < -0.4 is 10.6 Å². The van der Waals surface area contributed by atoms with Gasteiger partial charge in [0.05, 0.1) is 12.5 Å². The van der Waals surface area contributed by atoms with Crippen molar-refractivity contribution >= 4 is 11.8 Å². The van der Waals surface area contributed by atoms with Crippen LogP contribution in [0.5, 0.6) is 0 Å². The average molecular weight is 316 g/mol. The summed E-state index contributed by atoms with van der Waals surface area (Å²) in [5.41, 5.74) is 1.30. The maximum absolute atomic E-state index is 12.4. The van der Waals surface area contributed by atoms with E-state index in [1.54, 1.807) is 0 Å². The fourth-order valence-corrected chi connectivity index (χ4v) is 3.11. The minimum absolute atomic E-state index is 0.0627. The number of amides is 2. The molecule has 2 aliphatic rings. The van der Waals surface area contributed by atoms with Crippen LogP contribution in [0.25, 0.3) is 0 Å². The molecule has 2 fully saturated rings. The first-order valence-corrected chi connectivity index (χ1v) is 8.27. The Morgan fingerprint density at radius 3 is 2.52 bits per heavy atom. The molecule has 1 atom stereocenters. The highest BCUT2D eigenvalue weighted by Gasteiger charge is 2.28. The number of benzene rings is 1. The molecule has 2 saturated heterocycles. The Balaban J connectivity index is 1.45. The lowest BCUT2D eigenvalue weighted by molar-refractivity contribution is -0.136. The first kappa shape index (κ1) is 16.0. The van der Waals surface area contributed by atoms with Crippen LogP contribution in [0.1, 0.15) is 12.0 Å². The van der Waals surface area contributed by atoms with Crippen molar-refractivity contribution in [1.82, 2.24) is 20.4 Å². The summed E-state index contributed by atoms with van der Waals surface area (Å²) in [7, 11) is 0. The Morgan fingerprint density at radius 2 is 1.83 bits per heavy atom. The van der Waals surface area contributed by atoms with Crippen LogP contribution in [0.3, 0.4) is 0 Å². The molecule has 0 aliphatic carbocycles. The zero-order valence-electron chi connectivity index (χ0n) is 13.3. The normalized spacial score (nSPS) is 22.7. The molecule has 0 unspecified atom stereocenters. The van der Waals surface area contributed by atoms with Gasteiger partial charge in [-0.25, -0.2) is 0 Å². The van der Waals surface area contributed by atoms with Crippen molar-refractivity contribution in [2.24, 2.45) is 0 Å². The summed E-state index contributed by atoms with van der Waals surface area (Å²) in [6.45, 7) is 5.53. The predicted octanol–water partition coefficient (Wildman–Crippen LogP) is -0.191. The van der Waals surface area contributed by atoms with Crippen molar-refractivity contribution in [1.29, 1.82) is 0 Å². The van der Waals surface area contributed by atoms with Crippen molar-refractivity contribution in [2.45, 2.75) is 19.0 Å². The van der Waals surface area contributed by atoms with Gasteiger partial charge in [0.15, 0.2) is 0 Å². The van der Waals surface area contributed by atoms with Crippen LogP contribution >= 0.6 is 0 Å². The average Bonchev–Trinajstić information content (AvgIpc) is 2.58. The minimum Gasteiger partial charge on any atom is -0.353 e. The zero-order valence-corrected chi connectivity index (χ0v) is 13.3. The number of piperazine rings is 2. The number of hydrogen-bond acceptors (Lipinski definition) is 4. The lowest BCUT2D eigenvalue weighted by Gasteiger charge is -2.35. The van der Waals surface area contributed by atoms with Gasteiger partial charge >= 0.3 is 0 Å². The number of carbonyl (C=O) groups excluding carboxylic acids is 2. The lowest BCUT2D eigenvalue weighted by atomic mass is 10.1. The van der Waals surface area contributed by atoms with E-state index in [1.165, 1.54) is 5.56 Å². The van der Waals surface area contributed by atoms with Crippen LogP contribution in [-0.2, 0) is 16.1 Å². The van der Waals surface area contributed by atoms with Gasteiger partial charge in [0.1, 0.15) is 0 Å². The van der Waals surface area contributed by atoms with Crippen molar-refractivity contribution in [3.05, 3.63) is 35.9 Å². The largest absolute Gasteiger partial charge is 0.353 e. The fraction of sp³-hybridized carbons (Fsp3) is 0.529. The first-order chi connectivity index (χ1) is 11.2. The highest BCUT2D eigenvalue weighted by molar-refractivity contribution is 5.88. The molecule has 3 rings (SSSR count). The van der Waals surface area contributed by atoms with Crippen molar-refractivity contribution in [2.75, 3.05) is 39.3 Å². The molecular weight excluding hydrogens is 292 g/mol. The number of hydrogen-bond donors (Lipinski definition) is 2. The summed E-state index contributed by atoms with van der Waals surface area (Å²) in [6.07, 6.45) is 0.254. The quantitative estimate of drug-likeness (QED) is 0.808. The highest BCUT2D eigenvalue weighted by Crippen LogP contribution is 2.10. The topological polar surface area (TPSA) is 64.7 Å². The summed E-state index contributed by atoms with van der Waals surface area (Å²) >= 11 is 0. The van der Waals surface area contributed by atoms with E-state index < -0.39 is 0 Å². The fourth-order valence-electron chi connectivity index (χ4n) is 3.11. The Kier molecular flexibility index (Phi) is 5.25. The van der Waals surface area contributed by atoms with Gasteiger partial charge < -0.3 is 15.5 Å². The molecule has 2 amide bonds. The van der Waals surface area contributed by atoms with Gasteiger partial charge in [-0.15, -0.1) is 0 Å². The molecule has 2 aliphatic heterocycles. The third kappa shape index (κ3) is 4.30. The second-order valence-corrected chi connectivity index (χ2v) is 6.14. The Morgan fingerprint density at radius 1 is 1.09 bits per heavy atom. The van der Waals surface area contributed by atoms with Crippen LogP contribution in [0, 0.1) is 0 Å². The van der Waals surface area contributed by atoms with E-state index in [2.05, 4.69) is 39.8 Å². The zero-order chi connectivity index (χ0) is 16.1. The van der Waals surface area contributed by atoms with Gasteiger partial charge in [-0.3, -0.25) is 14.5 Å². The van der Waals surface area contributed by atoms with E-state index in [0.717, 1.165) is 39.3 Å². The molecule has 1 aromatic rings. The molecule has 6 heteroatoms. The van der Waals surface area contributed by atoms with Gasteiger partial charge in [-0.05, 0) is 5.56 Å². The standard InChI is InChI=1S/C17H24N4O2/c22-16(12-15-17(23)19-7-6-18-15)21-10-8-20(9-11-21)13-14-4-2-1-3-5-14/h1-5,15,18H,6-13H2,(H,19,23)/t15-/m0/s1. The molecule has 0 bridgehead atoms. The maximum Gasteiger partial charge on any atom is 0.237 e. The van der Waals surface area contributed by atoms with E-state index in [1.807, 2.05) is 11.0 Å². The summed E-state index contributed by atoms with van der Waals surface area (Å²) in [5.74, 6) is 0.00576. The SMILES string of the molecule is O=C1NCCN[C@H]1CC(=O)N1CCN(Cc2ccccc2)CC1. The van der Waals surface area contributed by atoms with Crippen molar-refractivity contribution in [3.8, 4) is 0 Å². The van der Waals surface area contributed by atoms with Gasteiger partial charge in [0.2, 0.25) is 11.8 Å². The van der Waals surface area contributed by atoms with E-state index >= 15 is 0 Å². The third-order valence-corrected chi connectivity index (χ3v) is 4.48. The maximum atomic E-state index is 12.4. The van der Waals surface area contributed by atoms with Crippen LogP contribution in [0.2, 0.25) is 0 Å². The number of carbonyl (C=O) groups is 2. The summed E-state index contributed by atoms with van der Waals surface area (Å²) in [6, 6.07) is 10.0. The van der Waals surface area contributed by atoms with Gasteiger partial charge in [-0.2, -0.15) is 0 Å². The monoisotopic (exact) mass is 316 g/mol. The van der Waals surface area contributed by atoms with Crippen LogP contribution in [0.4, 0.5) is 0 Å². The number of nitrogens with one attached hydrogen (secondary N) is 2. The van der Waals surface area contributed by atoms with E-state index in [-0.39, 0.29) is 24.3 Å². The molecule has 2 N–H and O–H groups in total. The molecule has 0 radical (unpaired) electrons. The molecule has 0 saturated carbocycles. The smallest absolute Gasteiger partial charge is 0.237 e.